The zero-order chi connectivity index (χ0) is 7.54. The summed E-state index contributed by atoms with van der Waals surface area (Å²) in [5.74, 6) is 0. The lowest BCUT2D eigenvalue weighted by Crippen LogP contribution is -2.12. The van der Waals surface area contributed by atoms with Crippen molar-refractivity contribution in [3.8, 4) is 0 Å². The van der Waals surface area contributed by atoms with Crippen LogP contribution in [0.15, 0.2) is 0 Å². The Hall–Kier alpha value is -0.0800. The van der Waals surface area contributed by atoms with Crippen molar-refractivity contribution in [2.75, 3.05) is 27.3 Å². The Morgan fingerprint density at radius 1 is 1.33 bits per heavy atom. The number of likely N-dealkylation sites (N-methyl/N-ethyl adjacent to an activating group) is 1. The van der Waals surface area contributed by atoms with Crippen molar-refractivity contribution in [1.29, 1.82) is 0 Å². The van der Waals surface area contributed by atoms with Crippen LogP contribution < -0.4 is 5.32 Å². The van der Waals surface area contributed by atoms with Crippen molar-refractivity contribution in [2.45, 2.75) is 20.3 Å². The molecule has 2 nitrogen and oxygen atoms in total. The Kier molecular flexibility index (Phi) is 20.3. The van der Waals surface area contributed by atoms with Gasteiger partial charge in [-0.05, 0) is 7.05 Å². The standard InChI is InChI=1S/C4H11NO.C3H8/c1-5-3-4-6-2;1-3-2/h5H,3-4H2,1-2H3;3H2,1-2H3. The number of nitrogens with one attached hydrogen (secondary N) is 1. The van der Waals surface area contributed by atoms with Crippen LogP contribution in [-0.4, -0.2) is 27.3 Å². The summed E-state index contributed by atoms with van der Waals surface area (Å²) in [6.07, 6.45) is 1.25. The lowest BCUT2D eigenvalue weighted by Gasteiger charge is -1.92. The molecular weight excluding hydrogens is 114 g/mol. The fraction of sp³-hybridized carbons (Fsp3) is 1.00. The normalized spacial score (nSPS) is 8.00. The molecule has 1 N–H and O–H groups in total. The fourth-order valence-corrected chi connectivity index (χ4v) is 0.204. The molecule has 0 aromatic rings. The van der Waals surface area contributed by atoms with Crippen LogP contribution in [0, 0.1) is 0 Å². The van der Waals surface area contributed by atoms with Crippen LogP contribution >= 0.6 is 0 Å². The van der Waals surface area contributed by atoms with Crippen molar-refractivity contribution in [3.63, 3.8) is 0 Å². The van der Waals surface area contributed by atoms with Crippen molar-refractivity contribution in [1.82, 2.24) is 5.32 Å². The molecule has 0 aromatic carbocycles. The van der Waals surface area contributed by atoms with Gasteiger partial charge >= 0.3 is 0 Å². The smallest absolute Gasteiger partial charge is 0.0587 e. The molecule has 0 saturated carbocycles. The molecule has 0 fully saturated rings. The van der Waals surface area contributed by atoms with Crippen LogP contribution in [0.3, 0.4) is 0 Å². The highest BCUT2D eigenvalue weighted by Crippen LogP contribution is 1.57. The molecule has 0 amide bonds. The molecule has 0 saturated heterocycles. The van der Waals surface area contributed by atoms with Crippen LogP contribution in [0.4, 0.5) is 0 Å². The SMILES string of the molecule is CCC.CNCCOC. The number of rotatable bonds is 3. The van der Waals surface area contributed by atoms with Gasteiger partial charge in [-0.2, -0.15) is 0 Å². The first kappa shape index (κ1) is 11.7. The number of hydrogen-bond donors (Lipinski definition) is 1. The van der Waals surface area contributed by atoms with Gasteiger partial charge in [-0.1, -0.05) is 20.3 Å². The topological polar surface area (TPSA) is 21.3 Å². The summed E-state index contributed by atoms with van der Waals surface area (Å²) in [4.78, 5) is 0. The molecule has 2 heteroatoms. The van der Waals surface area contributed by atoms with E-state index in [1.165, 1.54) is 6.42 Å². The highest BCUT2D eigenvalue weighted by molar-refractivity contribution is 4.30. The van der Waals surface area contributed by atoms with Crippen LogP contribution in [0.2, 0.25) is 0 Å². The Balaban J connectivity index is 0. The summed E-state index contributed by atoms with van der Waals surface area (Å²) in [5.41, 5.74) is 0. The van der Waals surface area contributed by atoms with Gasteiger partial charge in [0.1, 0.15) is 0 Å². The second kappa shape index (κ2) is 15.7. The second-order valence-electron chi connectivity index (χ2n) is 1.80. The predicted octanol–water partition coefficient (Wildman–Crippen LogP) is 1.27. The third kappa shape index (κ3) is 32.6. The largest absolute Gasteiger partial charge is 0.383 e. The highest BCUT2D eigenvalue weighted by atomic mass is 16.5. The van der Waals surface area contributed by atoms with E-state index in [4.69, 9.17) is 4.74 Å². The molecule has 0 atom stereocenters. The fourth-order valence-electron chi connectivity index (χ4n) is 0.204. The molecule has 0 unspecified atom stereocenters. The van der Waals surface area contributed by atoms with Crippen LogP contribution in [0.1, 0.15) is 20.3 Å². The molecule has 0 bridgehead atoms. The van der Waals surface area contributed by atoms with Crippen LogP contribution in [-0.2, 0) is 4.74 Å². The van der Waals surface area contributed by atoms with Crippen molar-refractivity contribution in [2.24, 2.45) is 0 Å². The summed E-state index contributed by atoms with van der Waals surface area (Å²) in [7, 11) is 3.59. The van der Waals surface area contributed by atoms with E-state index in [-0.39, 0.29) is 0 Å². The van der Waals surface area contributed by atoms with Gasteiger partial charge in [0.2, 0.25) is 0 Å². The van der Waals surface area contributed by atoms with Crippen LogP contribution in [0.25, 0.3) is 0 Å². The molecule has 0 radical (unpaired) electrons. The molecule has 58 valence electrons. The Morgan fingerprint density at radius 3 is 1.89 bits per heavy atom. The lowest BCUT2D eigenvalue weighted by atomic mass is 10.6. The van der Waals surface area contributed by atoms with E-state index in [0.29, 0.717) is 0 Å². The van der Waals surface area contributed by atoms with Crippen molar-refractivity contribution in [3.05, 3.63) is 0 Å². The molecule has 0 aliphatic heterocycles. The maximum atomic E-state index is 4.72. The summed E-state index contributed by atoms with van der Waals surface area (Å²) in [6, 6.07) is 0. The summed E-state index contributed by atoms with van der Waals surface area (Å²) >= 11 is 0. The van der Waals surface area contributed by atoms with Gasteiger partial charge in [-0.3, -0.25) is 0 Å². The Labute approximate surface area is 58.6 Å². The quantitative estimate of drug-likeness (QED) is 0.585. The molecular formula is C7H19NO. The summed E-state index contributed by atoms with van der Waals surface area (Å²) < 4.78 is 4.72. The molecule has 0 rings (SSSR count). The van der Waals surface area contributed by atoms with E-state index in [9.17, 15) is 0 Å². The summed E-state index contributed by atoms with van der Waals surface area (Å²) in [6.45, 7) is 5.99. The minimum atomic E-state index is 0.802. The molecule has 0 heterocycles. The number of hydrogen-bond acceptors (Lipinski definition) is 2. The Bertz CT molecular complexity index is 28.1. The van der Waals surface area contributed by atoms with Gasteiger partial charge in [-0.15, -0.1) is 0 Å². The lowest BCUT2D eigenvalue weighted by molar-refractivity contribution is 0.201. The first-order valence-corrected chi connectivity index (χ1v) is 3.46. The zero-order valence-electron chi connectivity index (χ0n) is 7.03. The second-order valence-corrected chi connectivity index (χ2v) is 1.80. The van der Waals surface area contributed by atoms with E-state index >= 15 is 0 Å². The molecule has 0 spiro atoms. The van der Waals surface area contributed by atoms with Gasteiger partial charge < -0.3 is 10.1 Å². The van der Waals surface area contributed by atoms with Crippen molar-refractivity contribution < 1.29 is 4.74 Å². The highest BCUT2D eigenvalue weighted by Gasteiger charge is 1.72. The first-order valence-electron chi connectivity index (χ1n) is 3.46. The van der Waals surface area contributed by atoms with Gasteiger partial charge in [-0.25, -0.2) is 0 Å². The van der Waals surface area contributed by atoms with E-state index in [1.807, 2.05) is 7.05 Å². The number of ether oxygens (including phenoxy) is 1. The van der Waals surface area contributed by atoms with Gasteiger partial charge in [0.05, 0.1) is 6.61 Å². The van der Waals surface area contributed by atoms with E-state index in [2.05, 4.69) is 19.2 Å². The average molecular weight is 133 g/mol. The minimum absolute atomic E-state index is 0.802. The predicted molar refractivity (Wildman–Crippen MR) is 41.8 cm³/mol. The third-order valence-electron chi connectivity index (χ3n) is 0.556. The summed E-state index contributed by atoms with van der Waals surface area (Å²) in [5, 5.41) is 2.94. The number of methoxy groups -OCH3 is 1. The maximum absolute atomic E-state index is 4.72. The molecule has 0 aliphatic carbocycles. The molecule has 0 aliphatic rings. The van der Waals surface area contributed by atoms with Gasteiger partial charge in [0, 0.05) is 13.7 Å². The monoisotopic (exact) mass is 133 g/mol. The van der Waals surface area contributed by atoms with Gasteiger partial charge in [0.25, 0.3) is 0 Å². The Morgan fingerprint density at radius 2 is 1.78 bits per heavy atom. The first-order chi connectivity index (χ1) is 4.33. The van der Waals surface area contributed by atoms with Crippen LogP contribution in [0.5, 0.6) is 0 Å². The maximum Gasteiger partial charge on any atom is 0.0587 e. The van der Waals surface area contributed by atoms with E-state index < -0.39 is 0 Å². The van der Waals surface area contributed by atoms with E-state index in [0.717, 1.165) is 13.2 Å². The average Bonchev–Trinajstić information content (AvgIpc) is 1.86. The molecule has 9 heavy (non-hydrogen) atoms. The molecule has 0 aromatic heterocycles. The minimum Gasteiger partial charge on any atom is -0.383 e. The van der Waals surface area contributed by atoms with Crippen molar-refractivity contribution >= 4 is 0 Å². The third-order valence-corrected chi connectivity index (χ3v) is 0.556. The van der Waals surface area contributed by atoms with Gasteiger partial charge in [0.15, 0.2) is 0 Å². The van der Waals surface area contributed by atoms with E-state index in [1.54, 1.807) is 7.11 Å². The zero-order valence-corrected chi connectivity index (χ0v) is 7.03.